The van der Waals surface area contributed by atoms with Gasteiger partial charge >= 0.3 is 0 Å². The maximum atomic E-state index is 12.2. The molecule has 0 radical (unpaired) electrons. The zero-order valence-corrected chi connectivity index (χ0v) is 12.4. The quantitative estimate of drug-likeness (QED) is 0.690. The van der Waals surface area contributed by atoms with E-state index in [4.69, 9.17) is 11.6 Å². The van der Waals surface area contributed by atoms with Crippen molar-refractivity contribution in [3.8, 4) is 0 Å². The molecule has 3 heterocycles. The summed E-state index contributed by atoms with van der Waals surface area (Å²) in [4.78, 5) is 17.2. The normalized spacial score (nSPS) is 11.1. The second kappa shape index (κ2) is 6.03. The van der Waals surface area contributed by atoms with Crippen molar-refractivity contribution in [2.24, 2.45) is 0 Å². The monoisotopic (exact) mass is 315 g/mol. The Kier molecular flexibility index (Phi) is 3.94. The summed E-state index contributed by atoms with van der Waals surface area (Å²) in [5.41, 5.74) is 1.16. The van der Waals surface area contributed by atoms with Crippen LogP contribution in [0.5, 0.6) is 0 Å². The van der Waals surface area contributed by atoms with Crippen molar-refractivity contribution >= 4 is 41.0 Å². The van der Waals surface area contributed by atoms with E-state index in [-0.39, 0.29) is 5.91 Å². The third kappa shape index (κ3) is 3.26. The lowest BCUT2D eigenvalue weighted by Gasteiger charge is -1.99. The third-order valence-corrected chi connectivity index (χ3v) is 3.81. The van der Waals surface area contributed by atoms with Crippen LogP contribution in [0.15, 0.2) is 48.1 Å². The lowest BCUT2D eigenvalue weighted by atomic mass is 10.3. The van der Waals surface area contributed by atoms with Crippen LogP contribution in [0.25, 0.3) is 12.2 Å². The van der Waals surface area contributed by atoms with E-state index in [1.807, 2.05) is 29.7 Å². The zero-order valence-electron chi connectivity index (χ0n) is 10.8. The first-order chi connectivity index (χ1) is 10.2. The van der Waals surface area contributed by atoms with Crippen LogP contribution in [-0.4, -0.2) is 20.7 Å². The third-order valence-electron chi connectivity index (χ3n) is 2.75. The Morgan fingerprint density at radius 3 is 2.86 bits per heavy atom. The van der Waals surface area contributed by atoms with E-state index in [2.05, 4.69) is 10.1 Å². The summed E-state index contributed by atoms with van der Waals surface area (Å²) < 4.78 is 1.29. The van der Waals surface area contributed by atoms with Crippen molar-refractivity contribution in [1.29, 1.82) is 0 Å². The number of rotatable bonds is 3. The lowest BCUT2D eigenvalue weighted by molar-refractivity contribution is 0.0944. The summed E-state index contributed by atoms with van der Waals surface area (Å²) in [6.45, 7) is 0. The molecule has 0 aliphatic carbocycles. The first-order valence-electron chi connectivity index (χ1n) is 6.16. The summed E-state index contributed by atoms with van der Waals surface area (Å²) in [5, 5.41) is 6.60. The number of pyridine rings is 1. The second-order valence-electron chi connectivity index (χ2n) is 4.21. The van der Waals surface area contributed by atoms with Gasteiger partial charge in [0.25, 0.3) is 5.91 Å². The van der Waals surface area contributed by atoms with E-state index in [1.54, 1.807) is 35.7 Å². The highest BCUT2D eigenvalue weighted by molar-refractivity contribution is 7.10. The molecule has 0 saturated carbocycles. The van der Waals surface area contributed by atoms with E-state index < -0.39 is 0 Å². The van der Waals surface area contributed by atoms with E-state index in [9.17, 15) is 4.79 Å². The largest absolute Gasteiger partial charge is 0.279 e. The van der Waals surface area contributed by atoms with Gasteiger partial charge in [-0.3, -0.25) is 4.79 Å². The van der Waals surface area contributed by atoms with Gasteiger partial charge in [0.05, 0.1) is 11.3 Å². The molecule has 0 atom stereocenters. The van der Waals surface area contributed by atoms with Crippen LogP contribution >= 0.6 is 22.9 Å². The number of hydrogen-bond donors (Lipinski definition) is 0. The average molecular weight is 316 g/mol. The molecule has 0 spiro atoms. The fourth-order valence-electron chi connectivity index (χ4n) is 1.73. The summed E-state index contributed by atoms with van der Waals surface area (Å²) >= 11 is 7.35. The van der Waals surface area contributed by atoms with Gasteiger partial charge in [-0.05, 0) is 41.8 Å². The van der Waals surface area contributed by atoms with E-state index in [0.717, 1.165) is 10.6 Å². The summed E-state index contributed by atoms with van der Waals surface area (Å²) in [5.74, 6) is -0.241. The van der Waals surface area contributed by atoms with E-state index in [1.165, 1.54) is 10.9 Å². The van der Waals surface area contributed by atoms with E-state index >= 15 is 0 Å². The molecule has 104 valence electrons. The van der Waals surface area contributed by atoms with E-state index in [0.29, 0.717) is 10.7 Å². The molecule has 0 aliphatic heterocycles. The van der Waals surface area contributed by atoms with Crippen molar-refractivity contribution in [2.45, 2.75) is 0 Å². The number of carbonyl (C=O) groups excluding carboxylic acids is 1. The van der Waals surface area contributed by atoms with Crippen molar-refractivity contribution in [1.82, 2.24) is 14.8 Å². The smallest absolute Gasteiger partial charge is 0.267 e. The van der Waals surface area contributed by atoms with Crippen LogP contribution in [0.1, 0.15) is 20.9 Å². The van der Waals surface area contributed by atoms with Crippen LogP contribution in [-0.2, 0) is 0 Å². The highest BCUT2D eigenvalue weighted by atomic mass is 35.5. The van der Waals surface area contributed by atoms with Crippen molar-refractivity contribution in [3.63, 3.8) is 0 Å². The summed E-state index contributed by atoms with van der Waals surface area (Å²) in [6, 6.07) is 8.99. The number of hydrogen-bond acceptors (Lipinski definition) is 4. The Bertz CT molecular complexity index is 776. The number of aromatic nitrogens is 3. The predicted octanol–water partition coefficient (Wildman–Crippen LogP) is 3.85. The molecule has 21 heavy (non-hydrogen) atoms. The fourth-order valence-corrected chi connectivity index (χ4v) is 2.46. The lowest BCUT2D eigenvalue weighted by Crippen LogP contribution is -2.12. The van der Waals surface area contributed by atoms with Gasteiger partial charge in [-0.15, -0.1) is 11.3 Å². The molecule has 0 saturated heterocycles. The Labute approximate surface area is 130 Å². The molecule has 0 fully saturated rings. The molecule has 3 aromatic heterocycles. The van der Waals surface area contributed by atoms with Crippen LogP contribution in [0.2, 0.25) is 5.15 Å². The molecule has 0 bridgehead atoms. The minimum absolute atomic E-state index is 0.241. The van der Waals surface area contributed by atoms with Gasteiger partial charge in [-0.2, -0.15) is 5.10 Å². The zero-order chi connectivity index (χ0) is 14.7. The van der Waals surface area contributed by atoms with Crippen LogP contribution in [0.4, 0.5) is 0 Å². The van der Waals surface area contributed by atoms with Crippen LogP contribution < -0.4 is 0 Å². The predicted molar refractivity (Wildman–Crippen MR) is 84.4 cm³/mol. The molecule has 0 aliphatic rings. The minimum atomic E-state index is -0.241. The van der Waals surface area contributed by atoms with Crippen molar-refractivity contribution < 1.29 is 4.79 Å². The molecule has 0 amide bonds. The maximum absolute atomic E-state index is 12.2. The second-order valence-corrected chi connectivity index (χ2v) is 5.58. The number of halogens is 1. The molecular formula is C15H10ClN3OS. The fraction of sp³-hybridized carbons (Fsp3) is 0. The summed E-state index contributed by atoms with van der Waals surface area (Å²) in [6.07, 6.45) is 6.90. The Hall–Kier alpha value is -2.24. The van der Waals surface area contributed by atoms with Gasteiger partial charge in [-0.1, -0.05) is 17.7 Å². The maximum Gasteiger partial charge on any atom is 0.279 e. The standard InChI is InChI=1S/C15H10ClN3OS/c16-14-6-3-11(10-17-14)15(20)19-8-7-12(18-19)4-5-13-2-1-9-21-13/h1-10H/b5-4+. The first kappa shape index (κ1) is 13.7. The van der Waals surface area contributed by atoms with Gasteiger partial charge in [0, 0.05) is 17.3 Å². The highest BCUT2D eigenvalue weighted by Crippen LogP contribution is 2.13. The Balaban J connectivity index is 1.78. The summed E-state index contributed by atoms with van der Waals surface area (Å²) in [7, 11) is 0. The average Bonchev–Trinajstić information content (AvgIpc) is 3.17. The minimum Gasteiger partial charge on any atom is -0.267 e. The van der Waals surface area contributed by atoms with Gasteiger partial charge in [-0.25, -0.2) is 9.67 Å². The molecule has 3 rings (SSSR count). The molecule has 6 heteroatoms. The molecule has 0 N–H and O–H groups in total. The van der Waals surface area contributed by atoms with Crippen LogP contribution in [0.3, 0.4) is 0 Å². The van der Waals surface area contributed by atoms with Gasteiger partial charge in [0.2, 0.25) is 0 Å². The molecular weight excluding hydrogens is 306 g/mol. The van der Waals surface area contributed by atoms with Gasteiger partial charge in [0.1, 0.15) is 5.15 Å². The van der Waals surface area contributed by atoms with Crippen molar-refractivity contribution in [2.75, 3.05) is 0 Å². The number of carbonyl (C=O) groups is 1. The van der Waals surface area contributed by atoms with Crippen molar-refractivity contribution in [3.05, 3.63) is 69.4 Å². The molecule has 0 aromatic carbocycles. The van der Waals surface area contributed by atoms with Gasteiger partial charge < -0.3 is 0 Å². The highest BCUT2D eigenvalue weighted by Gasteiger charge is 2.09. The topological polar surface area (TPSA) is 47.8 Å². The van der Waals surface area contributed by atoms with Gasteiger partial charge in [0.15, 0.2) is 0 Å². The first-order valence-corrected chi connectivity index (χ1v) is 7.42. The Morgan fingerprint density at radius 1 is 1.24 bits per heavy atom. The number of thiophene rings is 1. The number of nitrogens with zero attached hydrogens (tertiary/aromatic N) is 3. The molecule has 3 aromatic rings. The molecule has 0 unspecified atom stereocenters. The van der Waals surface area contributed by atoms with Crippen LogP contribution in [0, 0.1) is 0 Å². The molecule has 4 nitrogen and oxygen atoms in total. The SMILES string of the molecule is O=C(c1ccc(Cl)nc1)n1ccc(/C=C/c2cccs2)n1. The Morgan fingerprint density at radius 2 is 2.14 bits per heavy atom.